The number of urea groups is 1. The number of carbonyl (C=O) groups is 1. The number of hydrogen-bond donors (Lipinski definition) is 1. The molecule has 0 aromatic heterocycles. The monoisotopic (exact) mass is 330 g/mol. The summed E-state index contributed by atoms with van der Waals surface area (Å²) in [6.45, 7) is 0.889. The zero-order chi connectivity index (χ0) is 16.9. The van der Waals surface area contributed by atoms with Crippen LogP contribution in [0.3, 0.4) is 0 Å². The van der Waals surface area contributed by atoms with Crippen LogP contribution in [0.15, 0.2) is 48.5 Å². The number of halogens is 1. The average molecular weight is 330 g/mol. The van der Waals surface area contributed by atoms with Gasteiger partial charge >= 0.3 is 6.03 Å². The number of rotatable bonds is 4. The Kier molecular flexibility index (Phi) is 4.84. The molecule has 0 fully saturated rings. The number of ether oxygens (including phenoxy) is 2. The minimum atomic E-state index is -0.332. The van der Waals surface area contributed by atoms with E-state index >= 15 is 0 Å². The average Bonchev–Trinajstić information content (AvgIpc) is 2.60. The molecule has 0 spiro atoms. The first-order valence-electron chi connectivity index (χ1n) is 7.74. The van der Waals surface area contributed by atoms with Gasteiger partial charge in [-0.1, -0.05) is 30.3 Å². The van der Waals surface area contributed by atoms with Gasteiger partial charge in [0.15, 0.2) is 17.6 Å². The SMILES string of the molecule is CN(C[C@@H]1COc2ccccc2O1)C(=O)NCc1ccccc1F. The number of carbonyl (C=O) groups excluding carboxylic acids is 1. The molecule has 1 aliphatic heterocycles. The third-order valence-electron chi connectivity index (χ3n) is 3.78. The molecule has 0 radical (unpaired) electrons. The normalized spacial score (nSPS) is 15.7. The van der Waals surface area contributed by atoms with Crippen LogP contribution in [0.25, 0.3) is 0 Å². The van der Waals surface area contributed by atoms with E-state index in [1.54, 1.807) is 25.2 Å². The molecule has 126 valence electrons. The van der Waals surface area contributed by atoms with Crippen molar-refractivity contribution < 1.29 is 18.7 Å². The summed E-state index contributed by atoms with van der Waals surface area (Å²) in [5.74, 6) is 1.05. The van der Waals surface area contributed by atoms with Gasteiger partial charge in [-0.15, -0.1) is 0 Å². The summed E-state index contributed by atoms with van der Waals surface area (Å²) >= 11 is 0. The highest BCUT2D eigenvalue weighted by molar-refractivity contribution is 5.73. The van der Waals surface area contributed by atoms with Crippen molar-refractivity contribution >= 4 is 6.03 Å². The molecule has 0 saturated heterocycles. The van der Waals surface area contributed by atoms with E-state index in [1.807, 2.05) is 24.3 Å². The fraction of sp³-hybridized carbons (Fsp3) is 0.278. The highest BCUT2D eigenvalue weighted by Gasteiger charge is 2.23. The smallest absolute Gasteiger partial charge is 0.317 e. The first-order chi connectivity index (χ1) is 11.6. The number of hydrogen-bond acceptors (Lipinski definition) is 3. The van der Waals surface area contributed by atoms with Crippen LogP contribution in [-0.2, 0) is 6.54 Å². The number of nitrogens with one attached hydrogen (secondary N) is 1. The van der Waals surface area contributed by atoms with Gasteiger partial charge in [0.2, 0.25) is 0 Å². The van der Waals surface area contributed by atoms with Crippen LogP contribution in [0.4, 0.5) is 9.18 Å². The number of nitrogens with zero attached hydrogens (tertiary/aromatic N) is 1. The lowest BCUT2D eigenvalue weighted by Gasteiger charge is -2.29. The Morgan fingerprint density at radius 2 is 1.92 bits per heavy atom. The van der Waals surface area contributed by atoms with Gasteiger partial charge in [0.05, 0.1) is 6.54 Å². The highest BCUT2D eigenvalue weighted by Crippen LogP contribution is 2.30. The summed E-state index contributed by atoms with van der Waals surface area (Å²) in [6.07, 6.45) is -0.246. The Labute approximate surface area is 140 Å². The Morgan fingerprint density at radius 3 is 2.71 bits per heavy atom. The van der Waals surface area contributed by atoms with Crippen molar-refractivity contribution in [1.29, 1.82) is 0 Å². The second-order valence-electron chi connectivity index (χ2n) is 5.63. The molecule has 0 bridgehead atoms. The number of benzene rings is 2. The molecule has 24 heavy (non-hydrogen) atoms. The molecule has 2 aromatic carbocycles. The minimum Gasteiger partial charge on any atom is -0.486 e. The Hall–Kier alpha value is -2.76. The van der Waals surface area contributed by atoms with Gasteiger partial charge < -0.3 is 19.7 Å². The maximum atomic E-state index is 13.6. The summed E-state index contributed by atoms with van der Waals surface area (Å²) in [6, 6.07) is 13.5. The summed E-state index contributed by atoms with van der Waals surface area (Å²) < 4.78 is 25.0. The molecular formula is C18H19FN2O3. The van der Waals surface area contributed by atoms with Crippen LogP contribution in [0, 0.1) is 5.82 Å². The van der Waals surface area contributed by atoms with Crippen LogP contribution in [0.1, 0.15) is 5.56 Å². The van der Waals surface area contributed by atoms with Crippen molar-refractivity contribution in [3.8, 4) is 11.5 Å². The van der Waals surface area contributed by atoms with Crippen molar-refractivity contribution in [3.63, 3.8) is 0 Å². The number of likely N-dealkylation sites (N-methyl/N-ethyl adjacent to an activating group) is 1. The van der Waals surface area contributed by atoms with Crippen molar-refractivity contribution in [3.05, 3.63) is 59.9 Å². The van der Waals surface area contributed by atoms with Gasteiger partial charge in [0.1, 0.15) is 12.4 Å². The van der Waals surface area contributed by atoms with E-state index in [9.17, 15) is 9.18 Å². The van der Waals surface area contributed by atoms with Crippen LogP contribution >= 0.6 is 0 Å². The van der Waals surface area contributed by atoms with E-state index < -0.39 is 0 Å². The van der Waals surface area contributed by atoms with Crippen LogP contribution in [0.2, 0.25) is 0 Å². The van der Waals surface area contributed by atoms with Crippen molar-refractivity contribution in [1.82, 2.24) is 10.2 Å². The van der Waals surface area contributed by atoms with Crippen molar-refractivity contribution in [2.75, 3.05) is 20.2 Å². The third kappa shape index (κ3) is 3.76. The first kappa shape index (κ1) is 16.1. The fourth-order valence-electron chi connectivity index (χ4n) is 2.49. The summed E-state index contributed by atoms with van der Waals surface area (Å²) in [5, 5.41) is 2.70. The van der Waals surface area contributed by atoms with Gasteiger partial charge in [-0.05, 0) is 18.2 Å². The molecule has 0 unspecified atom stereocenters. The number of amides is 2. The Balaban J connectivity index is 1.51. The number of para-hydroxylation sites is 2. The van der Waals surface area contributed by atoms with E-state index in [-0.39, 0.29) is 24.5 Å². The molecule has 2 aromatic rings. The highest BCUT2D eigenvalue weighted by atomic mass is 19.1. The predicted octanol–water partition coefficient (Wildman–Crippen LogP) is 2.81. The Morgan fingerprint density at radius 1 is 1.21 bits per heavy atom. The van der Waals surface area contributed by atoms with Crippen molar-refractivity contribution in [2.24, 2.45) is 0 Å². The zero-order valence-electron chi connectivity index (χ0n) is 13.4. The maximum absolute atomic E-state index is 13.6. The molecule has 1 atom stereocenters. The first-order valence-corrected chi connectivity index (χ1v) is 7.74. The number of fused-ring (bicyclic) bond motifs is 1. The predicted molar refractivity (Wildman–Crippen MR) is 87.6 cm³/mol. The molecule has 5 nitrogen and oxygen atoms in total. The largest absolute Gasteiger partial charge is 0.486 e. The van der Waals surface area contributed by atoms with E-state index in [0.717, 1.165) is 0 Å². The fourth-order valence-corrected chi connectivity index (χ4v) is 2.49. The van der Waals surface area contributed by atoms with E-state index in [2.05, 4.69) is 5.32 Å². The molecule has 0 saturated carbocycles. The third-order valence-corrected chi connectivity index (χ3v) is 3.78. The van der Waals surface area contributed by atoms with E-state index in [4.69, 9.17) is 9.47 Å². The lowest BCUT2D eigenvalue weighted by molar-refractivity contribution is 0.0715. The van der Waals surface area contributed by atoms with Crippen LogP contribution in [-0.4, -0.2) is 37.2 Å². The molecule has 2 amide bonds. The molecule has 3 rings (SSSR count). The molecular weight excluding hydrogens is 311 g/mol. The summed E-state index contributed by atoms with van der Waals surface area (Å²) in [4.78, 5) is 13.6. The van der Waals surface area contributed by atoms with E-state index in [1.165, 1.54) is 11.0 Å². The topological polar surface area (TPSA) is 50.8 Å². The van der Waals surface area contributed by atoms with Gasteiger partial charge in [0, 0.05) is 19.2 Å². The summed E-state index contributed by atoms with van der Waals surface area (Å²) in [5.41, 5.74) is 0.449. The van der Waals surface area contributed by atoms with Crippen molar-refractivity contribution in [2.45, 2.75) is 12.6 Å². The lowest BCUT2D eigenvalue weighted by atomic mass is 10.2. The van der Waals surface area contributed by atoms with E-state index in [0.29, 0.717) is 30.2 Å². The quantitative estimate of drug-likeness (QED) is 0.938. The van der Waals surface area contributed by atoms with Gasteiger partial charge in [0.25, 0.3) is 0 Å². The molecule has 0 aliphatic carbocycles. The second kappa shape index (κ2) is 7.21. The minimum absolute atomic E-state index is 0.140. The van der Waals surface area contributed by atoms with Gasteiger partial charge in [-0.3, -0.25) is 0 Å². The van der Waals surface area contributed by atoms with Crippen LogP contribution < -0.4 is 14.8 Å². The molecule has 1 N–H and O–H groups in total. The van der Waals surface area contributed by atoms with Crippen LogP contribution in [0.5, 0.6) is 11.5 Å². The maximum Gasteiger partial charge on any atom is 0.317 e. The lowest BCUT2D eigenvalue weighted by Crippen LogP contribution is -2.45. The standard InChI is InChI=1S/C18H19FN2O3/c1-21(18(22)20-10-13-6-2-3-7-15(13)19)11-14-12-23-16-8-4-5-9-17(16)24-14/h2-9,14H,10-12H2,1H3,(H,20,22)/t14-/m1/s1. The Bertz CT molecular complexity index is 723. The molecule has 1 heterocycles. The molecule has 1 aliphatic rings. The zero-order valence-corrected chi connectivity index (χ0v) is 13.4. The van der Waals surface area contributed by atoms with Gasteiger partial charge in [-0.25, -0.2) is 9.18 Å². The second-order valence-corrected chi connectivity index (χ2v) is 5.63. The summed E-state index contributed by atoms with van der Waals surface area (Å²) in [7, 11) is 1.67. The van der Waals surface area contributed by atoms with Gasteiger partial charge in [-0.2, -0.15) is 0 Å². The molecule has 6 heteroatoms.